The van der Waals surface area contributed by atoms with Gasteiger partial charge in [0.25, 0.3) is 0 Å². The van der Waals surface area contributed by atoms with Crippen molar-refractivity contribution in [3.8, 4) is 5.75 Å². The van der Waals surface area contributed by atoms with E-state index in [1.165, 1.54) is 26.0 Å². The number of rotatable bonds is 9. The van der Waals surface area contributed by atoms with Gasteiger partial charge in [0, 0.05) is 13.0 Å². The first kappa shape index (κ1) is 24.6. The monoisotopic (exact) mass is 440 g/mol. The van der Waals surface area contributed by atoms with E-state index in [-0.39, 0.29) is 30.4 Å². The highest BCUT2D eigenvalue weighted by Crippen LogP contribution is 2.31. The maximum Gasteiger partial charge on any atom is 0.335 e. The molecule has 170 valence electrons. The Balaban J connectivity index is 2.26. The molecule has 5 atom stereocenters. The van der Waals surface area contributed by atoms with Crippen molar-refractivity contribution in [1.82, 2.24) is 5.32 Å². The van der Waals surface area contributed by atoms with Crippen molar-refractivity contribution in [1.29, 1.82) is 0 Å². The van der Waals surface area contributed by atoms with Gasteiger partial charge in [-0.2, -0.15) is 0 Å². The quantitative estimate of drug-likeness (QED) is 0.229. The minimum Gasteiger partial charge on any atom is -0.479 e. The summed E-state index contributed by atoms with van der Waals surface area (Å²) < 4.78 is 15.6. The minimum atomic E-state index is -1.86. The molecule has 13 heteroatoms. The third-order valence-corrected chi connectivity index (χ3v) is 4.42. The number of amides is 1. The molecule has 1 amide bonds. The Labute approximate surface area is 178 Å². The van der Waals surface area contributed by atoms with E-state index in [0.29, 0.717) is 12.1 Å². The Bertz CT molecular complexity index is 808. The van der Waals surface area contributed by atoms with Gasteiger partial charge in [-0.25, -0.2) is 4.79 Å². The van der Waals surface area contributed by atoms with E-state index >= 15 is 0 Å². The van der Waals surface area contributed by atoms with Crippen LogP contribution in [0.5, 0.6) is 5.75 Å². The number of carboxylic acid groups (broad SMARTS) is 1. The van der Waals surface area contributed by atoms with Gasteiger partial charge in [0.05, 0.1) is 5.69 Å². The Hall–Kier alpha value is -2.71. The smallest absolute Gasteiger partial charge is 0.335 e. The Morgan fingerprint density at radius 2 is 1.87 bits per heavy atom. The summed E-state index contributed by atoms with van der Waals surface area (Å²) in [5, 5.41) is 44.5. The summed E-state index contributed by atoms with van der Waals surface area (Å²) in [5.41, 5.74) is 0.671. The molecule has 1 aromatic carbocycles. The molecule has 2 rings (SSSR count). The molecule has 0 radical (unpaired) electrons. The first-order chi connectivity index (χ1) is 14.6. The number of hydrogen-bond acceptors (Lipinski definition) is 10. The Kier molecular flexibility index (Phi) is 8.77. The van der Waals surface area contributed by atoms with E-state index in [1.54, 1.807) is 7.05 Å². The zero-order valence-electron chi connectivity index (χ0n) is 17.0. The lowest BCUT2D eigenvalue weighted by Gasteiger charge is -2.38. The first-order valence-electron chi connectivity index (χ1n) is 9.44. The van der Waals surface area contributed by atoms with Crippen molar-refractivity contribution in [3.63, 3.8) is 0 Å². The zero-order valence-corrected chi connectivity index (χ0v) is 17.0. The van der Waals surface area contributed by atoms with Crippen LogP contribution in [0.4, 0.5) is 10.5 Å². The van der Waals surface area contributed by atoms with Crippen LogP contribution in [-0.4, -0.2) is 90.3 Å². The van der Waals surface area contributed by atoms with Crippen LogP contribution in [0.15, 0.2) is 18.2 Å². The van der Waals surface area contributed by atoms with Crippen LogP contribution >= 0.6 is 0 Å². The maximum atomic E-state index is 12.2. The molecule has 6 N–H and O–H groups in total. The van der Waals surface area contributed by atoms with Crippen molar-refractivity contribution in [2.45, 2.75) is 43.7 Å². The molecule has 1 saturated heterocycles. The van der Waals surface area contributed by atoms with Crippen molar-refractivity contribution in [3.05, 3.63) is 23.8 Å². The summed E-state index contributed by atoms with van der Waals surface area (Å²) in [4.78, 5) is 34.5. The zero-order chi connectivity index (χ0) is 23.1. The summed E-state index contributed by atoms with van der Waals surface area (Å²) in [6, 6.07) is 4.40. The summed E-state index contributed by atoms with van der Waals surface area (Å²) in [7, 11) is 2.93. The van der Waals surface area contributed by atoms with Crippen molar-refractivity contribution in [2.24, 2.45) is 0 Å². The fourth-order valence-electron chi connectivity index (χ4n) is 2.78. The van der Waals surface area contributed by atoms with Crippen molar-refractivity contribution < 1.29 is 49.0 Å². The van der Waals surface area contributed by atoms with E-state index in [9.17, 15) is 29.7 Å². The molecule has 1 fully saturated rings. The molecule has 0 saturated carbocycles. The molecule has 0 aliphatic carbocycles. The summed E-state index contributed by atoms with van der Waals surface area (Å²) in [6.45, 7) is 0.341. The summed E-state index contributed by atoms with van der Waals surface area (Å²) in [6.07, 6.45) is -8.80. The van der Waals surface area contributed by atoms with Crippen LogP contribution in [0.25, 0.3) is 0 Å². The number of carbonyl (C=O) groups is 3. The van der Waals surface area contributed by atoms with Crippen LogP contribution in [0, 0.1) is 0 Å². The molecular formula is C18H25BN2O10. The van der Waals surface area contributed by atoms with E-state index in [0.717, 1.165) is 0 Å². The van der Waals surface area contributed by atoms with E-state index in [4.69, 9.17) is 19.3 Å². The number of hydrogen-bond donors (Lipinski definition) is 6. The summed E-state index contributed by atoms with van der Waals surface area (Å²) >= 11 is 0. The van der Waals surface area contributed by atoms with Crippen LogP contribution in [-0.2, 0) is 25.7 Å². The number of nitrogens with one attached hydrogen (secondary N) is 2. The van der Waals surface area contributed by atoms with Crippen LogP contribution in [0.3, 0.4) is 0 Å². The Morgan fingerprint density at radius 3 is 2.48 bits per heavy atom. The largest absolute Gasteiger partial charge is 0.479 e. The number of anilines is 1. The number of ether oxygens (including phenoxy) is 3. The highest BCUT2D eigenvalue weighted by Gasteiger charge is 2.48. The number of aliphatic hydroxyl groups excluding tert-OH is 3. The molecular weight excluding hydrogens is 415 g/mol. The SMILES string of the molecule is BC(=O)OCc1ccc(OC2OC(C(=O)O)C(O)C(O)C2O)c(NC(=O)CCNC)c1. The lowest BCUT2D eigenvalue weighted by molar-refractivity contribution is -0.271. The van der Waals surface area contributed by atoms with E-state index in [2.05, 4.69) is 10.6 Å². The molecule has 0 aromatic heterocycles. The van der Waals surface area contributed by atoms with Gasteiger partial charge in [-0.15, -0.1) is 0 Å². The van der Waals surface area contributed by atoms with E-state index < -0.39 is 42.5 Å². The molecule has 0 spiro atoms. The second-order valence-electron chi connectivity index (χ2n) is 6.87. The van der Waals surface area contributed by atoms with Crippen molar-refractivity contribution >= 4 is 31.3 Å². The van der Waals surface area contributed by atoms with Gasteiger partial charge >= 0.3 is 5.97 Å². The predicted octanol–water partition coefficient (Wildman–Crippen LogP) is -2.22. The molecule has 12 nitrogen and oxygen atoms in total. The fourth-order valence-corrected chi connectivity index (χ4v) is 2.78. The van der Waals surface area contributed by atoms with Crippen LogP contribution < -0.4 is 15.4 Å². The molecule has 1 heterocycles. The summed E-state index contributed by atoms with van der Waals surface area (Å²) in [5.74, 6) is -2.41. The lowest BCUT2D eigenvalue weighted by Crippen LogP contribution is -2.61. The Morgan fingerprint density at radius 1 is 1.16 bits per heavy atom. The molecule has 0 bridgehead atoms. The molecule has 1 aromatic rings. The number of carbonyl (C=O) groups excluding carboxylic acids is 2. The van der Waals surface area contributed by atoms with Gasteiger partial charge in [-0.3, -0.25) is 9.59 Å². The van der Waals surface area contributed by atoms with Crippen molar-refractivity contribution in [2.75, 3.05) is 18.9 Å². The van der Waals surface area contributed by atoms with Gasteiger partial charge in [0.15, 0.2) is 6.10 Å². The van der Waals surface area contributed by atoms with Gasteiger partial charge in [-0.1, -0.05) is 6.07 Å². The number of benzene rings is 1. The molecule has 1 aliphatic rings. The van der Waals surface area contributed by atoms with Crippen LogP contribution in [0.2, 0.25) is 0 Å². The van der Waals surface area contributed by atoms with Crippen LogP contribution in [0.1, 0.15) is 12.0 Å². The first-order valence-corrected chi connectivity index (χ1v) is 9.44. The number of aliphatic carboxylic acids is 1. The highest BCUT2D eigenvalue weighted by atomic mass is 16.7. The molecule has 5 unspecified atom stereocenters. The lowest BCUT2D eigenvalue weighted by atomic mass is 9.99. The fraction of sp³-hybridized carbons (Fsp3) is 0.500. The van der Waals surface area contributed by atoms with Gasteiger partial charge in [-0.05, 0) is 24.7 Å². The topological polar surface area (TPSA) is 184 Å². The normalized spacial score (nSPS) is 25.5. The van der Waals surface area contributed by atoms with Gasteiger partial charge < -0.3 is 45.3 Å². The third kappa shape index (κ3) is 6.64. The van der Waals surface area contributed by atoms with E-state index in [1.807, 2.05) is 0 Å². The molecule has 1 aliphatic heterocycles. The maximum absolute atomic E-state index is 12.2. The van der Waals surface area contributed by atoms with Gasteiger partial charge in [0.2, 0.25) is 25.9 Å². The minimum absolute atomic E-state index is 0.00108. The van der Waals surface area contributed by atoms with Gasteiger partial charge in [0.1, 0.15) is 30.7 Å². The standard InChI is InChI=1S/C18H25BN2O10/c1-20-5-4-11(22)21-9-6-8(7-29-18(19)28)2-3-10(9)30-17-14(25)12(23)13(24)15(31-17)16(26)27/h2-3,6,12-15,17,20,23-25H,4-5,7,19H2,1H3,(H,21,22)(H,26,27). The second-order valence-corrected chi connectivity index (χ2v) is 6.87. The average Bonchev–Trinajstić information content (AvgIpc) is 2.72. The molecule has 31 heavy (non-hydrogen) atoms. The number of carboxylic acids is 1. The predicted molar refractivity (Wildman–Crippen MR) is 107 cm³/mol. The second kappa shape index (κ2) is 11.1. The average molecular weight is 440 g/mol. The highest BCUT2D eigenvalue weighted by molar-refractivity contribution is 6.55. The third-order valence-electron chi connectivity index (χ3n) is 4.42. The number of aliphatic hydroxyl groups is 3.